The Kier molecular flexibility index (Phi) is 6.37. The first-order valence-corrected chi connectivity index (χ1v) is 12.8. The molecular weight excluding hydrogens is 478 g/mol. The third kappa shape index (κ3) is 5.47. The molecule has 0 aromatic heterocycles. The van der Waals surface area contributed by atoms with Crippen LogP contribution in [0.3, 0.4) is 0 Å². The first kappa shape index (κ1) is 25.1. The van der Waals surface area contributed by atoms with Crippen molar-refractivity contribution in [1.29, 1.82) is 0 Å². The SMILES string of the molecule is CC1(C)C[C@@H]2C[C@](C)(CN2C(=O)COC(=O)c2cccc(NS(=O)(=O)c3ccc(F)c(F)c3)c2)C1. The van der Waals surface area contributed by atoms with E-state index in [2.05, 4.69) is 25.5 Å². The van der Waals surface area contributed by atoms with Gasteiger partial charge < -0.3 is 9.64 Å². The summed E-state index contributed by atoms with van der Waals surface area (Å²) in [6.07, 6.45) is 2.88. The van der Waals surface area contributed by atoms with Gasteiger partial charge >= 0.3 is 5.97 Å². The molecule has 1 heterocycles. The molecule has 7 nitrogen and oxygen atoms in total. The van der Waals surface area contributed by atoms with E-state index in [4.69, 9.17) is 4.74 Å². The van der Waals surface area contributed by atoms with Crippen LogP contribution in [0.2, 0.25) is 0 Å². The number of rotatable bonds is 6. The van der Waals surface area contributed by atoms with Crippen LogP contribution in [0.15, 0.2) is 47.4 Å². The van der Waals surface area contributed by atoms with Crippen molar-refractivity contribution >= 4 is 27.6 Å². The molecule has 2 aliphatic rings. The van der Waals surface area contributed by atoms with Crippen molar-refractivity contribution in [1.82, 2.24) is 4.90 Å². The Bertz CT molecular complexity index is 1280. The molecule has 2 aromatic carbocycles. The van der Waals surface area contributed by atoms with Gasteiger partial charge in [0.05, 0.1) is 10.5 Å². The number of halogens is 2. The number of esters is 1. The number of benzene rings is 2. The van der Waals surface area contributed by atoms with Gasteiger partial charge in [0.25, 0.3) is 15.9 Å². The van der Waals surface area contributed by atoms with Crippen molar-refractivity contribution in [2.75, 3.05) is 17.9 Å². The van der Waals surface area contributed by atoms with E-state index in [1.807, 2.05) is 4.90 Å². The third-order valence-corrected chi connectivity index (χ3v) is 7.99. The summed E-state index contributed by atoms with van der Waals surface area (Å²) in [7, 11) is -4.23. The number of amides is 1. The Morgan fingerprint density at radius 2 is 1.83 bits per heavy atom. The first-order valence-electron chi connectivity index (χ1n) is 11.3. The van der Waals surface area contributed by atoms with E-state index in [-0.39, 0.29) is 34.0 Å². The fraction of sp³-hybridized carbons (Fsp3) is 0.440. The summed E-state index contributed by atoms with van der Waals surface area (Å²) in [5.74, 6) is -3.49. The van der Waals surface area contributed by atoms with E-state index >= 15 is 0 Å². The maximum atomic E-state index is 13.5. The molecule has 1 aliphatic carbocycles. The number of sulfonamides is 1. The lowest BCUT2D eigenvalue weighted by Gasteiger charge is -2.39. The van der Waals surface area contributed by atoms with Crippen LogP contribution in [0.5, 0.6) is 0 Å². The number of ether oxygens (including phenoxy) is 1. The fourth-order valence-corrected chi connectivity index (χ4v) is 6.67. The first-order chi connectivity index (χ1) is 16.3. The molecule has 1 amide bonds. The van der Waals surface area contributed by atoms with Crippen molar-refractivity contribution in [3.8, 4) is 0 Å². The monoisotopic (exact) mass is 506 g/mol. The highest BCUT2D eigenvalue weighted by Gasteiger charge is 2.50. The molecule has 0 radical (unpaired) electrons. The highest BCUT2D eigenvalue weighted by Crippen LogP contribution is 2.52. The Hall–Kier alpha value is -3.01. The van der Waals surface area contributed by atoms with E-state index in [0.717, 1.165) is 25.3 Å². The van der Waals surface area contributed by atoms with Crippen molar-refractivity contribution in [2.24, 2.45) is 10.8 Å². The lowest BCUT2D eigenvalue weighted by atomic mass is 9.65. The van der Waals surface area contributed by atoms with Crippen molar-refractivity contribution in [2.45, 2.75) is 51.0 Å². The Morgan fingerprint density at radius 1 is 1.09 bits per heavy atom. The molecule has 2 fully saturated rings. The number of hydrogen-bond donors (Lipinski definition) is 1. The molecule has 2 atom stereocenters. The number of carbonyl (C=O) groups excluding carboxylic acids is 2. The summed E-state index contributed by atoms with van der Waals surface area (Å²) in [5.41, 5.74) is 0.275. The summed E-state index contributed by atoms with van der Waals surface area (Å²) in [5, 5.41) is 0. The predicted molar refractivity (Wildman–Crippen MR) is 125 cm³/mol. The second-order valence-corrected chi connectivity index (χ2v) is 12.3. The zero-order valence-electron chi connectivity index (χ0n) is 19.8. The number of likely N-dealkylation sites (tertiary alicyclic amines) is 1. The van der Waals surface area contributed by atoms with Gasteiger partial charge in [0.15, 0.2) is 18.2 Å². The van der Waals surface area contributed by atoms with Gasteiger partial charge in [-0.1, -0.05) is 26.8 Å². The predicted octanol–water partition coefficient (Wildman–Crippen LogP) is 4.35. The lowest BCUT2D eigenvalue weighted by molar-refractivity contribution is -0.135. The van der Waals surface area contributed by atoms with Gasteiger partial charge in [0, 0.05) is 18.3 Å². The van der Waals surface area contributed by atoms with Crippen LogP contribution >= 0.6 is 0 Å². The number of nitrogens with zero attached hydrogens (tertiary/aromatic N) is 1. The molecule has 1 N–H and O–H groups in total. The zero-order valence-corrected chi connectivity index (χ0v) is 20.6. The molecular formula is C25H28F2N2O5S. The van der Waals surface area contributed by atoms with E-state index in [1.54, 1.807) is 0 Å². The molecule has 35 heavy (non-hydrogen) atoms. The van der Waals surface area contributed by atoms with Crippen molar-refractivity contribution < 1.29 is 31.5 Å². The fourth-order valence-electron chi connectivity index (χ4n) is 5.61. The molecule has 2 bridgehead atoms. The average molecular weight is 507 g/mol. The van der Waals surface area contributed by atoms with Gasteiger partial charge in [-0.05, 0) is 66.5 Å². The van der Waals surface area contributed by atoms with Gasteiger partial charge in [-0.2, -0.15) is 0 Å². The third-order valence-electron chi connectivity index (χ3n) is 6.61. The van der Waals surface area contributed by atoms with Crippen LogP contribution in [0, 0.1) is 22.5 Å². The van der Waals surface area contributed by atoms with E-state index in [0.29, 0.717) is 18.7 Å². The van der Waals surface area contributed by atoms with Gasteiger partial charge in [0.2, 0.25) is 0 Å². The molecule has 2 aromatic rings. The molecule has 10 heteroatoms. The molecule has 0 unspecified atom stereocenters. The molecule has 1 saturated heterocycles. The quantitative estimate of drug-likeness (QED) is 0.588. The van der Waals surface area contributed by atoms with Crippen molar-refractivity contribution in [3.63, 3.8) is 0 Å². The minimum Gasteiger partial charge on any atom is -0.452 e. The van der Waals surface area contributed by atoms with Crippen LogP contribution in [-0.2, 0) is 19.6 Å². The van der Waals surface area contributed by atoms with Crippen LogP contribution in [0.4, 0.5) is 14.5 Å². The molecule has 1 aliphatic heterocycles. The standard InChI is InChI=1S/C25H28F2N2O5S/c1-24(2)11-18-12-25(3,14-24)15-29(18)22(30)13-34-23(31)16-5-4-6-17(9-16)28-35(32,33)19-7-8-20(26)21(27)10-19/h4-10,18,28H,11-15H2,1-3H3/t18-,25+/m1/s1. The molecule has 188 valence electrons. The van der Waals surface area contributed by atoms with E-state index in [1.165, 1.54) is 24.3 Å². The van der Waals surface area contributed by atoms with Crippen LogP contribution in [0.25, 0.3) is 0 Å². The van der Waals surface area contributed by atoms with Crippen molar-refractivity contribution in [3.05, 3.63) is 59.7 Å². The largest absolute Gasteiger partial charge is 0.452 e. The Labute approximate surface area is 203 Å². The highest BCUT2D eigenvalue weighted by atomic mass is 32.2. The lowest BCUT2D eigenvalue weighted by Crippen LogP contribution is -2.39. The Morgan fingerprint density at radius 3 is 2.54 bits per heavy atom. The van der Waals surface area contributed by atoms with E-state index < -0.39 is 39.1 Å². The van der Waals surface area contributed by atoms with Crippen LogP contribution in [0.1, 0.15) is 50.4 Å². The Balaban J connectivity index is 1.39. The summed E-state index contributed by atoms with van der Waals surface area (Å²) >= 11 is 0. The zero-order chi connectivity index (χ0) is 25.6. The second-order valence-electron chi connectivity index (χ2n) is 10.6. The second kappa shape index (κ2) is 8.89. The maximum absolute atomic E-state index is 13.5. The number of hydrogen-bond acceptors (Lipinski definition) is 5. The van der Waals surface area contributed by atoms with Gasteiger partial charge in [-0.25, -0.2) is 22.0 Å². The minimum absolute atomic E-state index is 0.0269. The molecule has 4 rings (SSSR count). The van der Waals surface area contributed by atoms with Gasteiger partial charge in [-0.15, -0.1) is 0 Å². The summed E-state index contributed by atoms with van der Waals surface area (Å²) in [6, 6.07) is 7.84. The van der Waals surface area contributed by atoms with Gasteiger partial charge in [-0.3, -0.25) is 9.52 Å². The molecule has 0 spiro atoms. The number of carbonyl (C=O) groups is 2. The topological polar surface area (TPSA) is 92.8 Å². The maximum Gasteiger partial charge on any atom is 0.338 e. The number of anilines is 1. The summed E-state index contributed by atoms with van der Waals surface area (Å²) < 4.78 is 59.1. The smallest absolute Gasteiger partial charge is 0.338 e. The summed E-state index contributed by atoms with van der Waals surface area (Å²) in [4.78, 5) is 26.8. The van der Waals surface area contributed by atoms with Crippen LogP contribution < -0.4 is 4.72 Å². The minimum atomic E-state index is -4.23. The van der Waals surface area contributed by atoms with Crippen LogP contribution in [-0.4, -0.2) is 44.4 Å². The normalized spacial score (nSPS) is 23.1. The number of nitrogens with one attached hydrogen (secondary N) is 1. The molecule has 1 saturated carbocycles. The summed E-state index contributed by atoms with van der Waals surface area (Å²) in [6.45, 7) is 6.83. The number of fused-ring (bicyclic) bond motifs is 2. The van der Waals surface area contributed by atoms with Gasteiger partial charge in [0.1, 0.15) is 0 Å². The highest BCUT2D eigenvalue weighted by molar-refractivity contribution is 7.92. The van der Waals surface area contributed by atoms with E-state index in [9.17, 15) is 26.8 Å². The average Bonchev–Trinajstić information content (AvgIpc) is 3.02.